The van der Waals surface area contributed by atoms with Crippen molar-refractivity contribution in [2.75, 3.05) is 6.61 Å². The van der Waals surface area contributed by atoms with Gasteiger partial charge in [-0.2, -0.15) is 5.10 Å². The molecule has 1 spiro atoms. The summed E-state index contributed by atoms with van der Waals surface area (Å²) in [6.45, 7) is 14.0. The third kappa shape index (κ3) is 2.98. The van der Waals surface area contributed by atoms with Crippen molar-refractivity contribution in [1.82, 2.24) is 9.78 Å². The van der Waals surface area contributed by atoms with Crippen molar-refractivity contribution in [3.63, 3.8) is 0 Å². The highest BCUT2D eigenvalue weighted by atomic mass is 16.5. The van der Waals surface area contributed by atoms with Gasteiger partial charge in [0.15, 0.2) is 0 Å². The van der Waals surface area contributed by atoms with Crippen LogP contribution in [-0.2, 0) is 20.4 Å². The van der Waals surface area contributed by atoms with Crippen LogP contribution < -0.4 is 0 Å². The smallest absolute Gasteiger partial charge is 0.312 e. The zero-order valence-electron chi connectivity index (χ0n) is 22.5. The molecule has 3 saturated carbocycles. The van der Waals surface area contributed by atoms with E-state index in [4.69, 9.17) is 9.84 Å². The van der Waals surface area contributed by atoms with E-state index < -0.39 is 0 Å². The summed E-state index contributed by atoms with van der Waals surface area (Å²) in [5, 5.41) is 5.05. The summed E-state index contributed by atoms with van der Waals surface area (Å²) in [6.07, 6.45) is 11.6. The SMILES string of the molecule is CCOC(=O)[C@]1(C)CCC[C@@]2(C)[C@@H]3CC[C@@]4(C)C[C@]3(CC[C@@H]21)c1cnn(-c2cc(C)cc(C)c2)c14. The van der Waals surface area contributed by atoms with Crippen LogP contribution in [0.15, 0.2) is 24.4 Å². The quantitative estimate of drug-likeness (QED) is 0.451. The maximum Gasteiger partial charge on any atom is 0.312 e. The Hall–Kier alpha value is -2.10. The maximum atomic E-state index is 13.3. The van der Waals surface area contributed by atoms with Crippen LogP contribution in [0.5, 0.6) is 0 Å². The van der Waals surface area contributed by atoms with Crippen LogP contribution >= 0.6 is 0 Å². The highest BCUT2D eigenvalue weighted by Gasteiger charge is 2.68. The molecule has 188 valence electrons. The van der Waals surface area contributed by atoms with Crippen LogP contribution in [0.2, 0.25) is 0 Å². The van der Waals surface area contributed by atoms with Crippen molar-refractivity contribution < 1.29 is 9.53 Å². The van der Waals surface area contributed by atoms with Crippen molar-refractivity contribution >= 4 is 5.97 Å². The van der Waals surface area contributed by atoms with Gasteiger partial charge in [-0.3, -0.25) is 4.79 Å². The molecule has 1 aromatic heterocycles. The van der Waals surface area contributed by atoms with Crippen LogP contribution in [0.3, 0.4) is 0 Å². The lowest BCUT2D eigenvalue weighted by Gasteiger charge is -2.64. The summed E-state index contributed by atoms with van der Waals surface area (Å²) in [5.41, 5.74) is 6.96. The second kappa shape index (κ2) is 7.46. The third-order valence-corrected chi connectivity index (χ3v) is 11.1. The van der Waals surface area contributed by atoms with Crippen molar-refractivity contribution in [1.29, 1.82) is 0 Å². The Bertz CT molecular complexity index is 1180. The predicted molar refractivity (Wildman–Crippen MR) is 139 cm³/mol. The molecule has 6 atom stereocenters. The van der Waals surface area contributed by atoms with E-state index in [2.05, 4.69) is 63.7 Å². The van der Waals surface area contributed by atoms with Gasteiger partial charge in [-0.05, 0) is 113 Å². The number of hydrogen-bond acceptors (Lipinski definition) is 3. The molecule has 35 heavy (non-hydrogen) atoms. The molecule has 1 aromatic carbocycles. The number of carbonyl (C=O) groups excluding carboxylic acids is 1. The topological polar surface area (TPSA) is 44.1 Å². The molecular formula is C31H42N2O2. The van der Waals surface area contributed by atoms with Gasteiger partial charge in [0.1, 0.15) is 0 Å². The van der Waals surface area contributed by atoms with E-state index in [1.165, 1.54) is 60.2 Å². The first-order valence-electron chi connectivity index (χ1n) is 13.9. The maximum absolute atomic E-state index is 13.3. The van der Waals surface area contributed by atoms with Gasteiger partial charge in [-0.25, -0.2) is 4.68 Å². The largest absolute Gasteiger partial charge is 0.466 e. The molecule has 0 radical (unpaired) electrons. The zero-order valence-corrected chi connectivity index (χ0v) is 22.5. The highest BCUT2D eigenvalue weighted by molar-refractivity contribution is 5.77. The Morgan fingerprint density at radius 1 is 1.03 bits per heavy atom. The van der Waals surface area contributed by atoms with E-state index in [9.17, 15) is 4.79 Å². The van der Waals surface area contributed by atoms with Gasteiger partial charge in [-0.1, -0.05) is 26.3 Å². The first-order valence-corrected chi connectivity index (χ1v) is 13.9. The monoisotopic (exact) mass is 474 g/mol. The van der Waals surface area contributed by atoms with Crippen LogP contribution in [0, 0.1) is 36.5 Å². The number of hydrogen-bond donors (Lipinski definition) is 0. The van der Waals surface area contributed by atoms with Gasteiger partial charge in [0.05, 0.1) is 29.6 Å². The Balaban J connectivity index is 1.45. The lowest BCUT2D eigenvalue weighted by molar-refractivity contribution is -0.180. The van der Waals surface area contributed by atoms with E-state index in [1.54, 1.807) is 0 Å². The zero-order chi connectivity index (χ0) is 24.8. The molecular weight excluding hydrogens is 432 g/mol. The molecule has 0 amide bonds. The minimum Gasteiger partial charge on any atom is -0.466 e. The Labute approximate surface area is 210 Å². The number of nitrogens with zero attached hydrogens (tertiary/aromatic N) is 2. The predicted octanol–water partition coefficient (Wildman–Crippen LogP) is 6.97. The van der Waals surface area contributed by atoms with E-state index in [1.807, 2.05) is 6.92 Å². The normalized spacial score (nSPS) is 39.5. The molecule has 2 aromatic rings. The molecule has 2 bridgehead atoms. The van der Waals surface area contributed by atoms with E-state index >= 15 is 0 Å². The van der Waals surface area contributed by atoms with Crippen molar-refractivity contribution in [3.8, 4) is 5.69 Å². The number of benzene rings is 1. The average molecular weight is 475 g/mol. The summed E-state index contributed by atoms with van der Waals surface area (Å²) < 4.78 is 7.95. The van der Waals surface area contributed by atoms with Gasteiger partial charge in [-0.15, -0.1) is 0 Å². The molecule has 4 aliphatic rings. The number of carbonyl (C=O) groups is 1. The molecule has 4 aliphatic carbocycles. The van der Waals surface area contributed by atoms with Crippen LogP contribution in [0.25, 0.3) is 5.69 Å². The molecule has 6 rings (SSSR count). The summed E-state index contributed by atoms with van der Waals surface area (Å²) in [6, 6.07) is 6.81. The standard InChI is InChI=1S/C31H42N2O2/c1-7-35-27(34)30(6)12-8-11-29(5)24(30)10-14-31-19-28(4,13-9-25(29)31)26-23(31)18-32-33(26)22-16-20(2)15-21(3)17-22/h15-18,24-25H,7-14,19H2,1-6H3/t24-,25-,28-,29+,30+,31+/m0/s1. The number of ether oxygens (including phenoxy) is 1. The van der Waals surface area contributed by atoms with Crippen LogP contribution in [0.4, 0.5) is 0 Å². The second-order valence-corrected chi connectivity index (χ2v) is 13.2. The van der Waals surface area contributed by atoms with E-state index in [0.29, 0.717) is 18.4 Å². The highest BCUT2D eigenvalue weighted by Crippen LogP contribution is 2.73. The third-order valence-electron chi connectivity index (χ3n) is 11.1. The lowest BCUT2D eigenvalue weighted by Crippen LogP contribution is -2.60. The van der Waals surface area contributed by atoms with E-state index in [0.717, 1.165) is 19.3 Å². The Kier molecular flexibility index (Phi) is 4.97. The second-order valence-electron chi connectivity index (χ2n) is 13.2. The summed E-state index contributed by atoms with van der Waals surface area (Å²) >= 11 is 0. The number of aryl methyl sites for hydroxylation is 2. The number of aromatic nitrogens is 2. The summed E-state index contributed by atoms with van der Waals surface area (Å²) in [4.78, 5) is 13.3. The van der Waals surface area contributed by atoms with Gasteiger partial charge in [0, 0.05) is 16.4 Å². The Morgan fingerprint density at radius 3 is 2.46 bits per heavy atom. The molecule has 1 heterocycles. The molecule has 0 unspecified atom stereocenters. The first-order chi connectivity index (χ1) is 16.6. The number of rotatable bonds is 3. The van der Waals surface area contributed by atoms with Gasteiger partial charge < -0.3 is 4.74 Å². The molecule has 0 aliphatic heterocycles. The number of fused-ring (bicyclic) bond motifs is 5. The van der Waals surface area contributed by atoms with Crippen molar-refractivity contribution in [2.24, 2.45) is 22.7 Å². The van der Waals surface area contributed by atoms with Gasteiger partial charge in [0.25, 0.3) is 0 Å². The minimum absolute atomic E-state index is 0.0438. The van der Waals surface area contributed by atoms with Crippen molar-refractivity contribution in [3.05, 3.63) is 46.8 Å². The van der Waals surface area contributed by atoms with Crippen LogP contribution in [0.1, 0.15) is 101 Å². The molecule has 0 saturated heterocycles. The number of esters is 1. The summed E-state index contributed by atoms with van der Waals surface area (Å²) in [5.74, 6) is 1.05. The first kappa shape index (κ1) is 23.3. The summed E-state index contributed by atoms with van der Waals surface area (Å²) in [7, 11) is 0. The molecule has 3 fully saturated rings. The fraction of sp³-hybridized carbons (Fsp3) is 0.677. The van der Waals surface area contributed by atoms with E-state index in [-0.39, 0.29) is 27.6 Å². The fourth-order valence-electron chi connectivity index (χ4n) is 9.97. The van der Waals surface area contributed by atoms with Gasteiger partial charge >= 0.3 is 5.97 Å². The van der Waals surface area contributed by atoms with Gasteiger partial charge in [0.2, 0.25) is 0 Å². The average Bonchev–Trinajstić information content (AvgIpc) is 3.31. The molecule has 4 heteroatoms. The van der Waals surface area contributed by atoms with Crippen molar-refractivity contribution in [2.45, 2.75) is 104 Å². The molecule has 4 nitrogen and oxygen atoms in total. The minimum atomic E-state index is -0.351. The molecule has 0 N–H and O–H groups in total. The lowest BCUT2D eigenvalue weighted by atomic mass is 9.40. The fourth-order valence-corrected chi connectivity index (χ4v) is 9.97. The van der Waals surface area contributed by atoms with Crippen LogP contribution in [-0.4, -0.2) is 22.4 Å². The Morgan fingerprint density at radius 2 is 1.74 bits per heavy atom.